The van der Waals surface area contributed by atoms with Gasteiger partial charge in [0, 0.05) is 22.6 Å². The standard InChI is InChI=1S/C13H13ClN4O/c1-8-6-10(4-5-16-8)17-13(19)11-7-9(14)2-3-12(11)18-15/h2-7,18H,15H2,1H3,(H,16,17,19). The average molecular weight is 277 g/mol. The van der Waals surface area contributed by atoms with Crippen LogP contribution in [0.4, 0.5) is 11.4 Å². The van der Waals surface area contributed by atoms with Gasteiger partial charge < -0.3 is 10.7 Å². The molecule has 0 bridgehead atoms. The Morgan fingerprint density at radius 1 is 1.32 bits per heavy atom. The molecular weight excluding hydrogens is 264 g/mol. The van der Waals surface area contributed by atoms with Crippen LogP contribution in [0.15, 0.2) is 36.5 Å². The predicted octanol–water partition coefficient (Wildman–Crippen LogP) is 2.58. The number of carbonyl (C=O) groups is 1. The molecule has 2 aromatic rings. The number of pyridine rings is 1. The molecule has 1 amide bonds. The van der Waals surface area contributed by atoms with Gasteiger partial charge in [-0.05, 0) is 37.3 Å². The van der Waals surface area contributed by atoms with E-state index < -0.39 is 0 Å². The molecule has 5 nitrogen and oxygen atoms in total. The van der Waals surface area contributed by atoms with Crippen molar-refractivity contribution in [1.29, 1.82) is 0 Å². The van der Waals surface area contributed by atoms with Gasteiger partial charge in [-0.3, -0.25) is 15.6 Å². The second kappa shape index (κ2) is 5.69. The fourth-order valence-corrected chi connectivity index (χ4v) is 1.82. The van der Waals surface area contributed by atoms with E-state index in [-0.39, 0.29) is 5.91 Å². The topological polar surface area (TPSA) is 80.0 Å². The summed E-state index contributed by atoms with van der Waals surface area (Å²) in [6.45, 7) is 1.85. The normalized spacial score (nSPS) is 10.1. The Balaban J connectivity index is 2.27. The third-order valence-electron chi connectivity index (χ3n) is 2.54. The van der Waals surface area contributed by atoms with Crippen molar-refractivity contribution in [2.45, 2.75) is 6.92 Å². The lowest BCUT2D eigenvalue weighted by atomic mass is 10.1. The van der Waals surface area contributed by atoms with E-state index in [1.54, 1.807) is 36.5 Å². The van der Waals surface area contributed by atoms with Crippen LogP contribution in [0.2, 0.25) is 5.02 Å². The highest BCUT2D eigenvalue weighted by molar-refractivity contribution is 6.31. The summed E-state index contributed by atoms with van der Waals surface area (Å²) < 4.78 is 0. The summed E-state index contributed by atoms with van der Waals surface area (Å²) in [6, 6.07) is 8.35. The Morgan fingerprint density at radius 2 is 2.11 bits per heavy atom. The number of halogens is 1. The lowest BCUT2D eigenvalue weighted by molar-refractivity contribution is 0.102. The number of benzene rings is 1. The van der Waals surface area contributed by atoms with E-state index in [0.29, 0.717) is 22.0 Å². The molecule has 0 aliphatic carbocycles. The van der Waals surface area contributed by atoms with Gasteiger partial charge in [0.15, 0.2) is 0 Å². The first kappa shape index (κ1) is 13.3. The smallest absolute Gasteiger partial charge is 0.257 e. The first-order chi connectivity index (χ1) is 9.10. The van der Waals surface area contributed by atoms with Crippen LogP contribution in [-0.4, -0.2) is 10.9 Å². The van der Waals surface area contributed by atoms with Gasteiger partial charge in [-0.15, -0.1) is 0 Å². The molecule has 0 unspecified atom stereocenters. The number of nitrogen functional groups attached to an aromatic ring is 1. The summed E-state index contributed by atoms with van der Waals surface area (Å²) in [5, 5.41) is 3.24. The number of hydrogen-bond acceptors (Lipinski definition) is 4. The molecule has 0 atom stereocenters. The Hall–Kier alpha value is -2.11. The van der Waals surface area contributed by atoms with Crippen LogP contribution in [0.3, 0.4) is 0 Å². The molecule has 0 aliphatic rings. The first-order valence-corrected chi connectivity index (χ1v) is 5.98. The molecule has 0 saturated carbocycles. The third kappa shape index (κ3) is 3.21. The van der Waals surface area contributed by atoms with E-state index in [0.717, 1.165) is 5.69 Å². The van der Waals surface area contributed by atoms with Gasteiger partial charge in [0.05, 0.1) is 11.3 Å². The number of amides is 1. The number of nitrogens with one attached hydrogen (secondary N) is 2. The van der Waals surface area contributed by atoms with Crippen molar-refractivity contribution in [2.75, 3.05) is 10.7 Å². The van der Waals surface area contributed by atoms with Crippen LogP contribution in [0.1, 0.15) is 16.1 Å². The predicted molar refractivity (Wildman–Crippen MR) is 76.2 cm³/mol. The number of aryl methyl sites for hydroxylation is 1. The zero-order valence-corrected chi connectivity index (χ0v) is 11.0. The summed E-state index contributed by atoms with van der Waals surface area (Å²) in [7, 11) is 0. The van der Waals surface area contributed by atoms with Gasteiger partial charge in [0.25, 0.3) is 5.91 Å². The van der Waals surface area contributed by atoms with Gasteiger partial charge >= 0.3 is 0 Å². The molecule has 2 rings (SSSR count). The van der Waals surface area contributed by atoms with Gasteiger partial charge in [-0.1, -0.05) is 11.6 Å². The maximum atomic E-state index is 12.2. The number of rotatable bonds is 3. The molecule has 6 heteroatoms. The molecule has 0 radical (unpaired) electrons. The molecule has 1 aromatic heterocycles. The maximum absolute atomic E-state index is 12.2. The van der Waals surface area contributed by atoms with E-state index in [4.69, 9.17) is 17.4 Å². The van der Waals surface area contributed by atoms with Crippen molar-refractivity contribution < 1.29 is 4.79 Å². The minimum absolute atomic E-state index is 0.291. The van der Waals surface area contributed by atoms with Crippen molar-refractivity contribution in [2.24, 2.45) is 5.84 Å². The largest absolute Gasteiger partial charge is 0.323 e. The molecule has 98 valence electrons. The van der Waals surface area contributed by atoms with E-state index in [1.165, 1.54) is 0 Å². The fraction of sp³-hybridized carbons (Fsp3) is 0.0769. The van der Waals surface area contributed by atoms with Crippen molar-refractivity contribution >= 4 is 28.9 Å². The second-order valence-electron chi connectivity index (χ2n) is 3.97. The first-order valence-electron chi connectivity index (χ1n) is 5.60. The van der Waals surface area contributed by atoms with Crippen molar-refractivity contribution in [3.8, 4) is 0 Å². The summed E-state index contributed by atoms with van der Waals surface area (Å²) in [5.41, 5.74) is 4.84. The minimum Gasteiger partial charge on any atom is -0.323 e. The lowest BCUT2D eigenvalue weighted by Crippen LogP contribution is -2.17. The van der Waals surface area contributed by atoms with Gasteiger partial charge in [-0.2, -0.15) is 0 Å². The number of anilines is 2. The fourth-order valence-electron chi connectivity index (χ4n) is 1.65. The van der Waals surface area contributed by atoms with Crippen molar-refractivity contribution in [3.63, 3.8) is 0 Å². The zero-order chi connectivity index (χ0) is 13.8. The van der Waals surface area contributed by atoms with Gasteiger partial charge in [0.2, 0.25) is 0 Å². The highest BCUT2D eigenvalue weighted by Crippen LogP contribution is 2.21. The molecule has 0 spiro atoms. The Morgan fingerprint density at radius 3 is 2.79 bits per heavy atom. The molecule has 1 heterocycles. The van der Waals surface area contributed by atoms with Crippen LogP contribution in [0, 0.1) is 6.92 Å². The van der Waals surface area contributed by atoms with Gasteiger partial charge in [-0.25, -0.2) is 0 Å². The van der Waals surface area contributed by atoms with Crippen LogP contribution in [-0.2, 0) is 0 Å². The number of hydrogen-bond donors (Lipinski definition) is 3. The highest BCUT2D eigenvalue weighted by atomic mass is 35.5. The summed E-state index contributed by atoms with van der Waals surface area (Å²) in [4.78, 5) is 16.2. The van der Waals surface area contributed by atoms with Crippen molar-refractivity contribution in [1.82, 2.24) is 4.98 Å². The highest BCUT2D eigenvalue weighted by Gasteiger charge is 2.12. The molecular formula is C13H13ClN4O. The van der Waals surface area contributed by atoms with E-state index in [1.807, 2.05) is 6.92 Å². The third-order valence-corrected chi connectivity index (χ3v) is 2.77. The van der Waals surface area contributed by atoms with Gasteiger partial charge in [0.1, 0.15) is 0 Å². The molecule has 1 aromatic carbocycles. The Labute approximate surface area is 115 Å². The number of nitrogens with zero attached hydrogens (tertiary/aromatic N) is 1. The lowest BCUT2D eigenvalue weighted by Gasteiger charge is -2.10. The quantitative estimate of drug-likeness (QED) is 0.595. The average Bonchev–Trinajstić information content (AvgIpc) is 2.38. The van der Waals surface area contributed by atoms with E-state index in [2.05, 4.69) is 15.7 Å². The SMILES string of the molecule is Cc1cc(NC(=O)c2cc(Cl)ccc2NN)ccn1. The zero-order valence-electron chi connectivity index (χ0n) is 10.3. The molecule has 19 heavy (non-hydrogen) atoms. The summed E-state index contributed by atoms with van der Waals surface area (Å²) >= 11 is 5.89. The number of aromatic nitrogens is 1. The second-order valence-corrected chi connectivity index (χ2v) is 4.41. The molecule has 0 saturated heterocycles. The maximum Gasteiger partial charge on any atom is 0.257 e. The minimum atomic E-state index is -0.291. The number of nitrogens with two attached hydrogens (primary N) is 1. The van der Waals surface area contributed by atoms with Crippen LogP contribution in [0.25, 0.3) is 0 Å². The summed E-state index contributed by atoms with van der Waals surface area (Å²) in [5.74, 6) is 5.08. The van der Waals surface area contributed by atoms with Crippen LogP contribution in [0.5, 0.6) is 0 Å². The van der Waals surface area contributed by atoms with Crippen LogP contribution >= 0.6 is 11.6 Å². The van der Waals surface area contributed by atoms with Crippen molar-refractivity contribution in [3.05, 3.63) is 52.8 Å². The van der Waals surface area contributed by atoms with E-state index in [9.17, 15) is 4.79 Å². The molecule has 0 aliphatic heterocycles. The number of hydrazine groups is 1. The molecule has 0 fully saturated rings. The monoisotopic (exact) mass is 276 g/mol. The summed E-state index contributed by atoms with van der Waals surface area (Å²) in [6.07, 6.45) is 1.63. The van der Waals surface area contributed by atoms with Crippen LogP contribution < -0.4 is 16.6 Å². The number of carbonyl (C=O) groups excluding carboxylic acids is 1. The Kier molecular flexibility index (Phi) is 3.99. The molecule has 4 N–H and O–H groups in total. The van der Waals surface area contributed by atoms with E-state index >= 15 is 0 Å². The Bertz CT molecular complexity index is 615.